The number of amides is 4. The van der Waals surface area contributed by atoms with Crippen LogP contribution in [-0.2, 0) is 25.5 Å². The number of hydrogen-bond acceptors (Lipinski definition) is 6. The molecular weight excluding hydrogens is 464 g/mol. The van der Waals surface area contributed by atoms with E-state index in [0.29, 0.717) is 25.3 Å². The maximum absolute atomic E-state index is 13.0. The van der Waals surface area contributed by atoms with Crippen molar-refractivity contribution in [1.29, 1.82) is 0 Å². The summed E-state index contributed by atoms with van der Waals surface area (Å²) in [4.78, 5) is 51.8. The highest BCUT2D eigenvalue weighted by Gasteiger charge is 2.28. The molecule has 0 fully saturated rings. The molecule has 4 amide bonds. The van der Waals surface area contributed by atoms with E-state index >= 15 is 0 Å². The normalized spacial score (nSPS) is 19.0. The molecule has 3 rings (SSSR count). The van der Waals surface area contributed by atoms with Crippen molar-refractivity contribution in [2.75, 3.05) is 33.4 Å². The van der Waals surface area contributed by atoms with Crippen molar-refractivity contribution in [1.82, 2.24) is 21.3 Å². The number of para-hydroxylation sites is 1. The Morgan fingerprint density at radius 2 is 1.81 bits per heavy atom. The minimum Gasteiger partial charge on any atom is -0.491 e. The lowest BCUT2D eigenvalue weighted by atomic mass is 10.0. The predicted molar refractivity (Wildman–Crippen MR) is 132 cm³/mol. The number of ether oxygens (including phenoxy) is 2. The lowest BCUT2D eigenvalue weighted by Crippen LogP contribution is -2.53. The van der Waals surface area contributed by atoms with E-state index in [1.165, 1.54) is 0 Å². The molecule has 0 saturated carbocycles. The Morgan fingerprint density at radius 1 is 1.06 bits per heavy atom. The largest absolute Gasteiger partial charge is 0.491 e. The zero-order valence-corrected chi connectivity index (χ0v) is 20.3. The number of fused-ring (bicyclic) bond motifs is 1. The van der Waals surface area contributed by atoms with Gasteiger partial charge in [0.15, 0.2) is 0 Å². The Balaban J connectivity index is 1.82. The van der Waals surface area contributed by atoms with Crippen LogP contribution in [0.25, 0.3) is 0 Å². The van der Waals surface area contributed by atoms with E-state index in [1.807, 2.05) is 30.3 Å². The van der Waals surface area contributed by atoms with Crippen molar-refractivity contribution in [3.63, 3.8) is 0 Å². The minimum absolute atomic E-state index is 0.117. The molecule has 192 valence electrons. The number of carbonyl (C=O) groups is 4. The zero-order valence-electron chi connectivity index (χ0n) is 20.3. The third kappa shape index (κ3) is 8.09. The van der Waals surface area contributed by atoms with E-state index in [4.69, 9.17) is 9.47 Å². The summed E-state index contributed by atoms with van der Waals surface area (Å²) in [6.07, 6.45) is 0.497. The van der Waals surface area contributed by atoms with Crippen LogP contribution in [0, 0.1) is 0 Å². The van der Waals surface area contributed by atoms with Crippen LogP contribution in [0.2, 0.25) is 0 Å². The van der Waals surface area contributed by atoms with Gasteiger partial charge < -0.3 is 30.7 Å². The monoisotopic (exact) mass is 496 g/mol. The second kappa shape index (κ2) is 13.8. The first-order valence-corrected chi connectivity index (χ1v) is 11.9. The third-order valence-corrected chi connectivity index (χ3v) is 5.56. The van der Waals surface area contributed by atoms with E-state index in [-0.39, 0.29) is 37.5 Å². The lowest BCUT2D eigenvalue weighted by Gasteiger charge is -2.23. The fourth-order valence-corrected chi connectivity index (χ4v) is 3.73. The van der Waals surface area contributed by atoms with Gasteiger partial charge in [-0.15, -0.1) is 0 Å². The summed E-state index contributed by atoms with van der Waals surface area (Å²) in [6, 6.07) is 13.9. The Labute approximate surface area is 210 Å². The first kappa shape index (κ1) is 26.7. The second-order valence-electron chi connectivity index (χ2n) is 8.31. The van der Waals surface area contributed by atoms with Crippen LogP contribution in [0.5, 0.6) is 5.75 Å². The highest BCUT2D eigenvalue weighted by atomic mass is 16.5. The number of methoxy groups -OCH3 is 1. The van der Waals surface area contributed by atoms with Gasteiger partial charge in [-0.05, 0) is 24.1 Å². The molecule has 0 saturated heterocycles. The molecule has 1 aliphatic heterocycles. The summed E-state index contributed by atoms with van der Waals surface area (Å²) in [5, 5.41) is 10.9. The fraction of sp³-hybridized carbons (Fsp3) is 0.385. The van der Waals surface area contributed by atoms with Crippen LogP contribution in [0.3, 0.4) is 0 Å². The molecular formula is C26H32N4O6. The van der Waals surface area contributed by atoms with Gasteiger partial charge in [0.05, 0.1) is 18.5 Å². The van der Waals surface area contributed by atoms with Gasteiger partial charge in [0.25, 0.3) is 5.91 Å². The van der Waals surface area contributed by atoms with E-state index in [2.05, 4.69) is 21.3 Å². The molecule has 1 aliphatic rings. The Morgan fingerprint density at radius 3 is 2.58 bits per heavy atom. The Hall–Kier alpha value is -3.92. The van der Waals surface area contributed by atoms with Crippen LogP contribution >= 0.6 is 0 Å². The Bertz CT molecular complexity index is 1050. The summed E-state index contributed by atoms with van der Waals surface area (Å²) in [7, 11) is 1.56. The van der Waals surface area contributed by atoms with Gasteiger partial charge in [-0.2, -0.15) is 0 Å². The van der Waals surface area contributed by atoms with Crippen molar-refractivity contribution < 1.29 is 28.7 Å². The van der Waals surface area contributed by atoms with Crippen molar-refractivity contribution in [3.05, 3.63) is 65.7 Å². The second-order valence-corrected chi connectivity index (χ2v) is 8.31. The molecule has 2 aromatic carbocycles. The summed E-state index contributed by atoms with van der Waals surface area (Å²) in [5.41, 5.74) is 1.09. The average Bonchev–Trinajstić information content (AvgIpc) is 2.88. The quantitative estimate of drug-likeness (QED) is 0.414. The highest BCUT2D eigenvalue weighted by Crippen LogP contribution is 2.18. The predicted octanol–water partition coefficient (Wildman–Crippen LogP) is 0.564. The molecule has 0 spiro atoms. The molecule has 4 N–H and O–H groups in total. The maximum atomic E-state index is 13.0. The third-order valence-electron chi connectivity index (χ3n) is 5.56. The number of rotatable bonds is 7. The molecule has 0 unspecified atom stereocenters. The number of carbonyl (C=O) groups excluding carboxylic acids is 4. The molecule has 0 aliphatic carbocycles. The molecule has 0 radical (unpaired) electrons. The van der Waals surface area contributed by atoms with E-state index in [1.54, 1.807) is 31.4 Å². The molecule has 2 atom stereocenters. The van der Waals surface area contributed by atoms with Gasteiger partial charge in [0.2, 0.25) is 17.7 Å². The topological polar surface area (TPSA) is 135 Å². The highest BCUT2D eigenvalue weighted by molar-refractivity contribution is 6.01. The summed E-state index contributed by atoms with van der Waals surface area (Å²) in [5.74, 6) is -1.65. The Kier molecular flexibility index (Phi) is 10.3. The SMILES string of the molecule is COCCCNC(=O)[C@@H]1CC(=O)N[C@@H](Cc2ccccc2)C(=O)NCCOc2ccccc2C(=O)N1. The van der Waals surface area contributed by atoms with Crippen LogP contribution in [0.1, 0.15) is 28.8 Å². The molecule has 1 heterocycles. The van der Waals surface area contributed by atoms with Crippen LogP contribution in [0.15, 0.2) is 54.6 Å². The molecule has 10 heteroatoms. The van der Waals surface area contributed by atoms with Gasteiger partial charge in [-0.1, -0.05) is 42.5 Å². The number of benzene rings is 2. The average molecular weight is 497 g/mol. The van der Waals surface area contributed by atoms with Crippen LogP contribution < -0.4 is 26.0 Å². The van der Waals surface area contributed by atoms with E-state index < -0.39 is 29.8 Å². The smallest absolute Gasteiger partial charge is 0.255 e. The molecule has 36 heavy (non-hydrogen) atoms. The van der Waals surface area contributed by atoms with Crippen molar-refractivity contribution in [2.45, 2.75) is 31.3 Å². The summed E-state index contributed by atoms with van der Waals surface area (Å²) < 4.78 is 10.7. The van der Waals surface area contributed by atoms with Crippen LogP contribution in [-0.4, -0.2) is 69.1 Å². The number of nitrogens with one attached hydrogen (secondary N) is 4. The zero-order chi connectivity index (χ0) is 25.8. The van der Waals surface area contributed by atoms with E-state index in [9.17, 15) is 19.2 Å². The maximum Gasteiger partial charge on any atom is 0.255 e. The molecule has 0 aromatic heterocycles. The summed E-state index contributed by atoms with van der Waals surface area (Å²) in [6.45, 7) is 1.08. The summed E-state index contributed by atoms with van der Waals surface area (Å²) >= 11 is 0. The van der Waals surface area contributed by atoms with Crippen molar-refractivity contribution in [2.24, 2.45) is 0 Å². The lowest BCUT2D eigenvalue weighted by molar-refractivity contribution is -0.131. The fourth-order valence-electron chi connectivity index (χ4n) is 3.73. The van der Waals surface area contributed by atoms with Crippen molar-refractivity contribution in [3.8, 4) is 5.75 Å². The van der Waals surface area contributed by atoms with Gasteiger partial charge in [-0.25, -0.2) is 0 Å². The molecule has 10 nitrogen and oxygen atoms in total. The standard InChI is InChI=1S/C26H32N4O6/c1-35-14-7-12-27-26(34)21-17-23(31)29-20(16-18-8-3-2-4-9-18)25(33)28-13-15-36-22-11-6-5-10-19(22)24(32)30-21/h2-6,8-11,20-21H,7,12-17H2,1H3,(H,27,34)(H,28,33)(H,29,31)(H,30,32)/t20-,21-/m0/s1. The first-order chi connectivity index (χ1) is 17.5. The first-order valence-electron chi connectivity index (χ1n) is 11.9. The van der Waals surface area contributed by atoms with Gasteiger partial charge in [0, 0.05) is 26.7 Å². The number of hydrogen-bond donors (Lipinski definition) is 4. The van der Waals surface area contributed by atoms with E-state index in [0.717, 1.165) is 5.56 Å². The van der Waals surface area contributed by atoms with Crippen molar-refractivity contribution >= 4 is 23.6 Å². The van der Waals surface area contributed by atoms with Gasteiger partial charge in [0.1, 0.15) is 24.4 Å². The molecule has 0 bridgehead atoms. The van der Waals surface area contributed by atoms with Gasteiger partial charge in [-0.3, -0.25) is 19.2 Å². The minimum atomic E-state index is -1.16. The van der Waals surface area contributed by atoms with Gasteiger partial charge >= 0.3 is 0 Å². The molecule has 2 aromatic rings. The van der Waals surface area contributed by atoms with Crippen LogP contribution in [0.4, 0.5) is 0 Å².